The van der Waals surface area contributed by atoms with Crippen LogP contribution in [0.15, 0.2) is 45.4 Å². The van der Waals surface area contributed by atoms with Crippen molar-refractivity contribution < 1.29 is 13.6 Å². The minimum Gasteiger partial charge on any atom is -0.469 e. The van der Waals surface area contributed by atoms with E-state index in [9.17, 15) is 4.79 Å². The molecule has 0 atom stereocenters. The molecular formula is C14H9ClO3. The van der Waals surface area contributed by atoms with Gasteiger partial charge in [0.15, 0.2) is 5.76 Å². The number of hydrogen-bond donors (Lipinski definition) is 0. The van der Waals surface area contributed by atoms with Gasteiger partial charge in [-0.05, 0) is 37.3 Å². The average molecular weight is 261 g/mol. The summed E-state index contributed by atoms with van der Waals surface area (Å²) in [6, 6.07) is 8.60. The van der Waals surface area contributed by atoms with E-state index < -0.39 is 0 Å². The molecule has 0 fully saturated rings. The first-order chi connectivity index (χ1) is 8.63. The molecule has 0 unspecified atom stereocenters. The van der Waals surface area contributed by atoms with Gasteiger partial charge in [-0.3, -0.25) is 4.79 Å². The average Bonchev–Trinajstić information content (AvgIpc) is 2.93. The number of benzene rings is 1. The number of aryl methyl sites for hydroxylation is 1. The van der Waals surface area contributed by atoms with Crippen LogP contribution < -0.4 is 0 Å². The summed E-state index contributed by atoms with van der Waals surface area (Å²) >= 11 is 5.89. The summed E-state index contributed by atoms with van der Waals surface area (Å²) in [5.74, 6) is 0.782. The van der Waals surface area contributed by atoms with E-state index in [1.165, 1.54) is 6.26 Å². The Hall–Kier alpha value is -2.00. The molecule has 0 bridgehead atoms. The van der Waals surface area contributed by atoms with Gasteiger partial charge in [-0.2, -0.15) is 0 Å². The second kappa shape index (κ2) is 4.03. The minimum absolute atomic E-state index is 0.195. The molecule has 0 spiro atoms. The summed E-state index contributed by atoms with van der Waals surface area (Å²) in [6.07, 6.45) is 1.43. The maximum absolute atomic E-state index is 12.1. The summed E-state index contributed by atoms with van der Waals surface area (Å²) in [7, 11) is 0. The highest BCUT2D eigenvalue weighted by molar-refractivity contribution is 6.31. The van der Waals surface area contributed by atoms with Crippen molar-refractivity contribution in [1.29, 1.82) is 0 Å². The van der Waals surface area contributed by atoms with Crippen LogP contribution in [0.1, 0.15) is 21.9 Å². The Morgan fingerprint density at radius 1 is 1.22 bits per heavy atom. The predicted octanol–water partition coefficient (Wildman–Crippen LogP) is 4.22. The van der Waals surface area contributed by atoms with E-state index in [0.29, 0.717) is 21.9 Å². The lowest BCUT2D eigenvalue weighted by molar-refractivity contribution is 0.101. The monoisotopic (exact) mass is 260 g/mol. The molecule has 0 aliphatic rings. The van der Waals surface area contributed by atoms with E-state index >= 15 is 0 Å². The number of halogens is 1. The topological polar surface area (TPSA) is 43.4 Å². The first-order valence-corrected chi connectivity index (χ1v) is 5.80. The molecule has 3 aromatic rings. The van der Waals surface area contributed by atoms with E-state index in [2.05, 4.69) is 0 Å². The Bertz CT molecular complexity index is 736. The number of furan rings is 2. The van der Waals surface area contributed by atoms with Crippen LogP contribution in [0, 0.1) is 6.92 Å². The first-order valence-electron chi connectivity index (χ1n) is 5.42. The van der Waals surface area contributed by atoms with Crippen LogP contribution in [0.2, 0.25) is 5.02 Å². The van der Waals surface area contributed by atoms with Crippen molar-refractivity contribution in [3.63, 3.8) is 0 Å². The SMILES string of the molecule is Cc1cc(C(=O)c2cc3cc(Cl)ccc3o2)co1. The van der Waals surface area contributed by atoms with Crippen LogP contribution in [0.5, 0.6) is 0 Å². The third-order valence-electron chi connectivity index (χ3n) is 2.69. The molecule has 2 aromatic heterocycles. The Labute approximate surface area is 108 Å². The van der Waals surface area contributed by atoms with Gasteiger partial charge in [-0.15, -0.1) is 0 Å². The fourth-order valence-electron chi connectivity index (χ4n) is 1.83. The third-order valence-corrected chi connectivity index (χ3v) is 2.93. The second-order valence-corrected chi connectivity index (χ2v) is 4.50. The lowest BCUT2D eigenvalue weighted by Gasteiger charge is -1.90. The van der Waals surface area contributed by atoms with E-state index in [4.69, 9.17) is 20.4 Å². The van der Waals surface area contributed by atoms with E-state index in [0.717, 1.165) is 5.39 Å². The Kier molecular flexibility index (Phi) is 2.49. The molecule has 1 aromatic carbocycles. The van der Waals surface area contributed by atoms with Gasteiger partial charge >= 0.3 is 0 Å². The van der Waals surface area contributed by atoms with Crippen LogP contribution in [-0.4, -0.2) is 5.78 Å². The van der Waals surface area contributed by atoms with Gasteiger partial charge in [0.1, 0.15) is 17.6 Å². The number of carbonyl (C=O) groups excluding carboxylic acids is 1. The Morgan fingerprint density at radius 3 is 2.78 bits per heavy atom. The van der Waals surface area contributed by atoms with Crippen molar-refractivity contribution in [1.82, 2.24) is 0 Å². The molecule has 0 amide bonds. The lowest BCUT2D eigenvalue weighted by atomic mass is 10.1. The van der Waals surface area contributed by atoms with Crippen LogP contribution in [0.4, 0.5) is 0 Å². The van der Waals surface area contributed by atoms with Gasteiger partial charge in [0.05, 0.1) is 5.56 Å². The number of ketones is 1. The fourth-order valence-corrected chi connectivity index (χ4v) is 2.01. The van der Waals surface area contributed by atoms with Gasteiger partial charge in [-0.25, -0.2) is 0 Å². The van der Waals surface area contributed by atoms with Crippen molar-refractivity contribution in [3.8, 4) is 0 Å². The van der Waals surface area contributed by atoms with Crippen molar-refractivity contribution in [3.05, 3.63) is 58.7 Å². The second-order valence-electron chi connectivity index (χ2n) is 4.07. The van der Waals surface area contributed by atoms with Crippen LogP contribution >= 0.6 is 11.6 Å². The number of fused-ring (bicyclic) bond motifs is 1. The van der Waals surface area contributed by atoms with Gasteiger partial charge < -0.3 is 8.83 Å². The van der Waals surface area contributed by atoms with Crippen molar-refractivity contribution in [2.45, 2.75) is 6.92 Å². The predicted molar refractivity (Wildman–Crippen MR) is 68.1 cm³/mol. The summed E-state index contributed by atoms with van der Waals surface area (Å²) in [5, 5.41) is 1.42. The summed E-state index contributed by atoms with van der Waals surface area (Å²) in [6.45, 7) is 1.79. The normalized spacial score (nSPS) is 11.0. The number of rotatable bonds is 2. The zero-order chi connectivity index (χ0) is 12.7. The van der Waals surface area contributed by atoms with Crippen molar-refractivity contribution >= 4 is 28.4 Å². The molecule has 3 rings (SSSR count). The van der Waals surface area contributed by atoms with Gasteiger partial charge in [-0.1, -0.05) is 11.6 Å². The van der Waals surface area contributed by atoms with E-state index in [-0.39, 0.29) is 11.5 Å². The summed E-state index contributed by atoms with van der Waals surface area (Å²) < 4.78 is 10.6. The maximum atomic E-state index is 12.1. The summed E-state index contributed by atoms with van der Waals surface area (Å²) in [4.78, 5) is 12.1. The molecule has 4 heteroatoms. The molecule has 0 aliphatic carbocycles. The highest BCUT2D eigenvalue weighted by Crippen LogP contribution is 2.24. The van der Waals surface area contributed by atoms with E-state index in [1.54, 1.807) is 37.3 Å². The smallest absolute Gasteiger partial charge is 0.231 e. The Morgan fingerprint density at radius 2 is 2.06 bits per heavy atom. The van der Waals surface area contributed by atoms with Crippen LogP contribution in [0.25, 0.3) is 11.0 Å². The zero-order valence-electron chi connectivity index (χ0n) is 9.57. The zero-order valence-corrected chi connectivity index (χ0v) is 10.3. The molecule has 90 valence electrons. The summed E-state index contributed by atoms with van der Waals surface area (Å²) in [5.41, 5.74) is 1.13. The molecular weight excluding hydrogens is 252 g/mol. The number of carbonyl (C=O) groups is 1. The lowest BCUT2D eigenvalue weighted by Crippen LogP contribution is -1.96. The van der Waals surface area contributed by atoms with Gasteiger partial charge in [0.25, 0.3) is 0 Å². The number of hydrogen-bond acceptors (Lipinski definition) is 3. The quantitative estimate of drug-likeness (QED) is 0.648. The molecule has 3 nitrogen and oxygen atoms in total. The maximum Gasteiger partial charge on any atom is 0.231 e. The van der Waals surface area contributed by atoms with Crippen molar-refractivity contribution in [2.75, 3.05) is 0 Å². The van der Waals surface area contributed by atoms with Crippen LogP contribution in [0.3, 0.4) is 0 Å². The molecule has 0 N–H and O–H groups in total. The Balaban J connectivity index is 2.06. The molecule has 18 heavy (non-hydrogen) atoms. The molecule has 0 saturated carbocycles. The fraction of sp³-hybridized carbons (Fsp3) is 0.0714. The highest BCUT2D eigenvalue weighted by Gasteiger charge is 2.16. The third kappa shape index (κ3) is 1.83. The molecule has 0 radical (unpaired) electrons. The van der Waals surface area contributed by atoms with Crippen molar-refractivity contribution in [2.24, 2.45) is 0 Å². The molecule has 2 heterocycles. The first kappa shape index (κ1) is 11.1. The largest absolute Gasteiger partial charge is 0.469 e. The molecule has 0 aliphatic heterocycles. The molecule has 0 saturated heterocycles. The standard InChI is InChI=1S/C14H9ClO3/c1-8-4-10(7-17-8)14(16)13-6-9-5-11(15)2-3-12(9)18-13/h2-7H,1H3. The van der Waals surface area contributed by atoms with Gasteiger partial charge in [0, 0.05) is 10.4 Å². The van der Waals surface area contributed by atoms with E-state index in [1.807, 2.05) is 0 Å². The minimum atomic E-state index is -0.195. The van der Waals surface area contributed by atoms with Crippen LogP contribution in [-0.2, 0) is 0 Å². The van der Waals surface area contributed by atoms with Gasteiger partial charge in [0.2, 0.25) is 5.78 Å². The highest BCUT2D eigenvalue weighted by atomic mass is 35.5.